The molecule has 0 aliphatic carbocycles. The van der Waals surface area contributed by atoms with Gasteiger partial charge in [0.1, 0.15) is 5.82 Å². The molecule has 0 unspecified atom stereocenters. The molecule has 0 saturated carbocycles. The minimum Gasteiger partial charge on any atom is -0.463 e. The molecule has 10 heteroatoms. The maximum absolute atomic E-state index is 12.3. The lowest BCUT2D eigenvalue weighted by Crippen LogP contribution is -2.37. The fraction of sp³-hybridized carbons (Fsp3) is 0.304. The zero-order chi connectivity index (χ0) is 22.6. The highest BCUT2D eigenvalue weighted by Gasteiger charge is 2.18. The van der Waals surface area contributed by atoms with Crippen LogP contribution in [0, 0.1) is 0 Å². The van der Waals surface area contributed by atoms with Crippen molar-refractivity contribution in [2.75, 3.05) is 37.8 Å². The van der Waals surface area contributed by atoms with E-state index < -0.39 is 0 Å². The van der Waals surface area contributed by atoms with Crippen LogP contribution >= 0.6 is 0 Å². The molecule has 0 amide bonds. The van der Waals surface area contributed by atoms with Crippen molar-refractivity contribution in [1.82, 2.24) is 29.5 Å². The second-order valence-corrected chi connectivity index (χ2v) is 7.79. The van der Waals surface area contributed by atoms with Gasteiger partial charge in [-0.25, -0.2) is 4.68 Å². The van der Waals surface area contributed by atoms with Gasteiger partial charge in [-0.15, -0.1) is 0 Å². The number of benzene rings is 1. The summed E-state index contributed by atoms with van der Waals surface area (Å²) < 4.78 is 14.9. The number of morpholine rings is 1. The number of anilines is 1. The number of aromatic nitrogens is 6. The van der Waals surface area contributed by atoms with Gasteiger partial charge in [-0.05, 0) is 5.56 Å². The predicted octanol–water partition coefficient (Wildman–Crippen LogP) is 1.81. The smallest absolute Gasteiger partial charge is 0.320 e. The molecule has 170 valence electrons. The highest BCUT2D eigenvalue weighted by Crippen LogP contribution is 2.24. The van der Waals surface area contributed by atoms with E-state index >= 15 is 0 Å². The van der Waals surface area contributed by atoms with Crippen LogP contribution in [0.4, 0.5) is 5.82 Å². The van der Waals surface area contributed by atoms with E-state index in [1.165, 1.54) is 0 Å². The number of nitrogens with zero attached hydrogens (tertiary/aromatic N) is 6. The monoisotopic (exact) mass is 447 g/mol. The van der Waals surface area contributed by atoms with Crippen molar-refractivity contribution in [3.8, 4) is 23.1 Å². The highest BCUT2D eigenvalue weighted by atomic mass is 16.5. The average molecular weight is 447 g/mol. The van der Waals surface area contributed by atoms with E-state index in [9.17, 15) is 4.79 Å². The van der Waals surface area contributed by atoms with E-state index in [0.717, 1.165) is 30.0 Å². The van der Waals surface area contributed by atoms with Gasteiger partial charge < -0.3 is 14.4 Å². The number of rotatable bonds is 7. The van der Waals surface area contributed by atoms with Crippen LogP contribution in [-0.4, -0.2) is 62.4 Å². The molecule has 0 atom stereocenters. The standard InChI is InChI=1S/C23H25N7O3/c1-28-16-17(15-24-28)7-10-33-23-25-20(29-8-11-32-12-9-29)14-21(26-23)30-19(13-22(31)27-30)18-5-3-2-4-6-18/h2-6,13-16H,7-12H2,1H3,(H,27,31). The molecule has 1 aliphatic rings. The topological polar surface area (TPSA) is 103 Å². The van der Waals surface area contributed by atoms with Gasteiger partial charge in [0.2, 0.25) is 0 Å². The summed E-state index contributed by atoms with van der Waals surface area (Å²) in [7, 11) is 1.88. The Hall–Kier alpha value is -3.92. The van der Waals surface area contributed by atoms with E-state index in [0.29, 0.717) is 37.8 Å². The van der Waals surface area contributed by atoms with Crippen LogP contribution in [0.2, 0.25) is 0 Å². The van der Waals surface area contributed by atoms with Gasteiger partial charge in [0, 0.05) is 50.5 Å². The van der Waals surface area contributed by atoms with Crippen LogP contribution in [-0.2, 0) is 18.2 Å². The zero-order valence-electron chi connectivity index (χ0n) is 18.3. The summed E-state index contributed by atoms with van der Waals surface area (Å²) in [5.74, 6) is 1.26. The second-order valence-electron chi connectivity index (χ2n) is 7.79. The lowest BCUT2D eigenvalue weighted by atomic mass is 10.1. The number of hydrogen-bond donors (Lipinski definition) is 1. The number of nitrogens with one attached hydrogen (secondary N) is 1. The van der Waals surface area contributed by atoms with Crippen molar-refractivity contribution < 1.29 is 9.47 Å². The third kappa shape index (κ3) is 4.80. The Balaban J connectivity index is 1.49. The first kappa shape index (κ1) is 21.0. The normalized spacial score (nSPS) is 13.9. The number of aromatic amines is 1. The number of ether oxygens (including phenoxy) is 2. The minimum absolute atomic E-state index is 0.209. The molecule has 1 fully saturated rings. The van der Waals surface area contributed by atoms with E-state index in [2.05, 4.69) is 25.1 Å². The summed E-state index contributed by atoms with van der Waals surface area (Å²) in [4.78, 5) is 23.7. The molecule has 33 heavy (non-hydrogen) atoms. The van der Waals surface area contributed by atoms with Crippen LogP contribution in [0.1, 0.15) is 5.56 Å². The summed E-state index contributed by atoms with van der Waals surface area (Å²) in [5.41, 5.74) is 2.48. The van der Waals surface area contributed by atoms with E-state index in [1.807, 2.05) is 55.8 Å². The lowest BCUT2D eigenvalue weighted by Gasteiger charge is -2.28. The van der Waals surface area contributed by atoms with Gasteiger partial charge in [0.15, 0.2) is 5.82 Å². The Kier molecular flexibility index (Phi) is 5.90. The van der Waals surface area contributed by atoms with Gasteiger partial charge in [0.25, 0.3) is 5.56 Å². The molecular formula is C23H25N7O3. The molecule has 10 nitrogen and oxygen atoms in total. The number of H-pyrrole nitrogens is 1. The number of aryl methyl sites for hydroxylation is 1. The average Bonchev–Trinajstić information content (AvgIpc) is 3.45. The van der Waals surface area contributed by atoms with Crippen LogP contribution < -0.4 is 15.2 Å². The van der Waals surface area contributed by atoms with E-state index in [1.54, 1.807) is 15.4 Å². The maximum atomic E-state index is 12.3. The largest absolute Gasteiger partial charge is 0.463 e. The summed E-state index contributed by atoms with van der Waals surface area (Å²) >= 11 is 0. The van der Waals surface area contributed by atoms with Crippen LogP contribution in [0.3, 0.4) is 0 Å². The van der Waals surface area contributed by atoms with Crippen LogP contribution in [0.5, 0.6) is 6.01 Å². The summed E-state index contributed by atoms with van der Waals surface area (Å²) in [6.45, 7) is 3.11. The SMILES string of the molecule is Cn1cc(CCOc2nc(N3CCOCC3)cc(-n3[nH]c(=O)cc3-c3ccccc3)n2)cn1. The molecule has 0 radical (unpaired) electrons. The predicted molar refractivity (Wildman–Crippen MR) is 123 cm³/mol. The third-order valence-corrected chi connectivity index (χ3v) is 5.42. The van der Waals surface area contributed by atoms with Gasteiger partial charge in [-0.3, -0.25) is 14.6 Å². The van der Waals surface area contributed by atoms with Crippen molar-refractivity contribution in [2.45, 2.75) is 6.42 Å². The van der Waals surface area contributed by atoms with Crippen LogP contribution in [0.15, 0.2) is 59.7 Å². The van der Waals surface area contributed by atoms with Gasteiger partial charge in [0.05, 0.1) is 31.7 Å². The quantitative estimate of drug-likeness (QED) is 0.461. The molecule has 3 aromatic heterocycles. The highest BCUT2D eigenvalue weighted by molar-refractivity contribution is 5.61. The molecule has 1 saturated heterocycles. The Labute approximate surface area is 190 Å². The fourth-order valence-electron chi connectivity index (χ4n) is 3.79. The van der Waals surface area contributed by atoms with Crippen molar-refractivity contribution in [3.63, 3.8) is 0 Å². The summed E-state index contributed by atoms with van der Waals surface area (Å²) in [6, 6.07) is 13.4. The van der Waals surface area contributed by atoms with Gasteiger partial charge in [-0.2, -0.15) is 15.1 Å². The first-order chi connectivity index (χ1) is 16.2. The molecule has 0 spiro atoms. The first-order valence-corrected chi connectivity index (χ1v) is 10.9. The molecular weight excluding hydrogens is 422 g/mol. The van der Waals surface area contributed by atoms with Crippen molar-refractivity contribution in [3.05, 3.63) is 70.8 Å². The Morgan fingerprint density at radius 1 is 1.09 bits per heavy atom. The lowest BCUT2D eigenvalue weighted by molar-refractivity contribution is 0.122. The maximum Gasteiger partial charge on any atom is 0.320 e. The minimum atomic E-state index is -0.209. The Bertz CT molecular complexity index is 1270. The van der Waals surface area contributed by atoms with E-state index in [4.69, 9.17) is 9.47 Å². The molecule has 4 heterocycles. The summed E-state index contributed by atoms with van der Waals surface area (Å²) in [6.07, 6.45) is 4.46. The zero-order valence-corrected chi connectivity index (χ0v) is 18.3. The number of hydrogen-bond acceptors (Lipinski definition) is 7. The van der Waals surface area contributed by atoms with Crippen molar-refractivity contribution >= 4 is 5.82 Å². The molecule has 1 aliphatic heterocycles. The molecule has 4 aromatic rings. The fourth-order valence-corrected chi connectivity index (χ4v) is 3.79. The van der Waals surface area contributed by atoms with Crippen molar-refractivity contribution in [2.24, 2.45) is 7.05 Å². The molecule has 1 N–H and O–H groups in total. The van der Waals surface area contributed by atoms with E-state index in [-0.39, 0.29) is 11.6 Å². The van der Waals surface area contributed by atoms with Gasteiger partial charge in [-0.1, -0.05) is 30.3 Å². The van der Waals surface area contributed by atoms with Gasteiger partial charge >= 0.3 is 6.01 Å². The van der Waals surface area contributed by atoms with Crippen molar-refractivity contribution in [1.29, 1.82) is 0 Å². The third-order valence-electron chi connectivity index (χ3n) is 5.42. The Morgan fingerprint density at radius 2 is 1.88 bits per heavy atom. The second kappa shape index (κ2) is 9.29. The van der Waals surface area contributed by atoms with Crippen LogP contribution in [0.25, 0.3) is 17.1 Å². The summed E-state index contributed by atoms with van der Waals surface area (Å²) in [5, 5.41) is 7.05. The molecule has 1 aromatic carbocycles. The molecule has 0 bridgehead atoms. The Morgan fingerprint density at radius 3 is 2.64 bits per heavy atom. The molecule has 5 rings (SSSR count). The first-order valence-electron chi connectivity index (χ1n) is 10.9.